The molecule has 1 aromatic rings. The Morgan fingerprint density at radius 1 is 1.46 bits per heavy atom. The number of methoxy groups -OCH3 is 1. The molecule has 0 aromatic heterocycles. The standard InChI is InChI=1S/C9H9NO3/c1-12-8-6-4-2-3-5-7(6)13-9(11)10-8/h2-5,8H,1H3,(H,10,11). The maximum Gasteiger partial charge on any atom is 0.414 e. The highest BCUT2D eigenvalue weighted by molar-refractivity contribution is 5.73. The highest BCUT2D eigenvalue weighted by atomic mass is 16.6. The quantitative estimate of drug-likeness (QED) is 0.709. The van der Waals surface area contributed by atoms with Crippen molar-refractivity contribution in [3.05, 3.63) is 29.8 Å². The maximum atomic E-state index is 11.0. The van der Waals surface area contributed by atoms with Crippen molar-refractivity contribution in [2.75, 3.05) is 7.11 Å². The van der Waals surface area contributed by atoms with E-state index in [2.05, 4.69) is 5.32 Å². The zero-order valence-electron chi connectivity index (χ0n) is 7.11. The third-order valence-corrected chi connectivity index (χ3v) is 1.89. The fourth-order valence-electron chi connectivity index (χ4n) is 1.29. The summed E-state index contributed by atoms with van der Waals surface area (Å²) < 4.78 is 10.0. The topological polar surface area (TPSA) is 47.6 Å². The van der Waals surface area contributed by atoms with Crippen molar-refractivity contribution in [1.29, 1.82) is 0 Å². The number of nitrogens with one attached hydrogen (secondary N) is 1. The number of para-hydroxylation sites is 1. The molecule has 4 nitrogen and oxygen atoms in total. The van der Waals surface area contributed by atoms with E-state index in [0.717, 1.165) is 5.56 Å². The van der Waals surface area contributed by atoms with Gasteiger partial charge in [-0.25, -0.2) is 4.79 Å². The van der Waals surface area contributed by atoms with Crippen LogP contribution in [0.4, 0.5) is 4.79 Å². The number of carbonyl (C=O) groups excluding carboxylic acids is 1. The van der Waals surface area contributed by atoms with Gasteiger partial charge in [-0.3, -0.25) is 5.32 Å². The summed E-state index contributed by atoms with van der Waals surface area (Å²) in [5, 5.41) is 2.54. The van der Waals surface area contributed by atoms with Gasteiger partial charge in [0.2, 0.25) is 0 Å². The third-order valence-electron chi connectivity index (χ3n) is 1.89. The highest BCUT2D eigenvalue weighted by Gasteiger charge is 2.24. The largest absolute Gasteiger partial charge is 0.414 e. The molecule has 1 aliphatic heterocycles. The van der Waals surface area contributed by atoms with Gasteiger partial charge >= 0.3 is 6.09 Å². The molecule has 1 heterocycles. The molecule has 1 unspecified atom stereocenters. The normalized spacial score (nSPS) is 20.1. The van der Waals surface area contributed by atoms with Crippen molar-refractivity contribution in [3.8, 4) is 5.75 Å². The molecule has 1 aromatic carbocycles. The minimum absolute atomic E-state index is 0.405. The lowest BCUT2D eigenvalue weighted by molar-refractivity contribution is 0.0612. The molecular formula is C9H9NO3. The Labute approximate surface area is 75.5 Å². The first-order valence-electron chi connectivity index (χ1n) is 3.91. The van der Waals surface area contributed by atoms with Crippen molar-refractivity contribution < 1.29 is 14.3 Å². The summed E-state index contributed by atoms with van der Waals surface area (Å²) in [7, 11) is 1.53. The zero-order chi connectivity index (χ0) is 9.26. The lowest BCUT2D eigenvalue weighted by atomic mass is 10.1. The maximum absolute atomic E-state index is 11.0. The average Bonchev–Trinajstić information content (AvgIpc) is 2.16. The van der Waals surface area contributed by atoms with Crippen LogP contribution in [0.3, 0.4) is 0 Å². The number of hydrogen-bond donors (Lipinski definition) is 1. The van der Waals surface area contributed by atoms with Crippen LogP contribution in [0.25, 0.3) is 0 Å². The van der Waals surface area contributed by atoms with Crippen molar-refractivity contribution in [2.45, 2.75) is 6.23 Å². The average molecular weight is 179 g/mol. The Morgan fingerprint density at radius 3 is 3.00 bits per heavy atom. The second-order valence-electron chi connectivity index (χ2n) is 2.69. The molecule has 1 N–H and O–H groups in total. The van der Waals surface area contributed by atoms with Crippen LogP contribution in [-0.4, -0.2) is 13.2 Å². The van der Waals surface area contributed by atoms with E-state index in [9.17, 15) is 4.79 Å². The minimum Gasteiger partial charge on any atom is -0.410 e. The second kappa shape index (κ2) is 3.06. The van der Waals surface area contributed by atoms with Gasteiger partial charge in [-0.2, -0.15) is 0 Å². The van der Waals surface area contributed by atoms with Gasteiger partial charge < -0.3 is 9.47 Å². The van der Waals surface area contributed by atoms with Gasteiger partial charge in [0.25, 0.3) is 0 Å². The Balaban J connectivity index is 2.42. The third kappa shape index (κ3) is 1.36. The summed E-state index contributed by atoms with van der Waals surface area (Å²) >= 11 is 0. The molecule has 0 saturated carbocycles. The summed E-state index contributed by atoms with van der Waals surface area (Å²) in [6.45, 7) is 0. The van der Waals surface area contributed by atoms with Gasteiger partial charge in [-0.15, -0.1) is 0 Å². The van der Waals surface area contributed by atoms with E-state index in [1.807, 2.05) is 18.2 Å². The molecular weight excluding hydrogens is 170 g/mol. The molecule has 0 saturated heterocycles. The molecule has 0 aliphatic carbocycles. The first-order chi connectivity index (χ1) is 6.31. The number of fused-ring (bicyclic) bond motifs is 1. The smallest absolute Gasteiger partial charge is 0.410 e. The summed E-state index contributed by atoms with van der Waals surface area (Å²) in [6, 6.07) is 7.26. The van der Waals surface area contributed by atoms with Gasteiger partial charge in [-0.05, 0) is 6.07 Å². The van der Waals surface area contributed by atoms with Crippen LogP contribution in [0.15, 0.2) is 24.3 Å². The predicted octanol–water partition coefficient (Wildman–Crippen LogP) is 1.43. The Hall–Kier alpha value is -1.55. The molecule has 0 spiro atoms. The first-order valence-corrected chi connectivity index (χ1v) is 3.91. The predicted molar refractivity (Wildman–Crippen MR) is 45.4 cm³/mol. The van der Waals surface area contributed by atoms with Crippen LogP contribution in [0.1, 0.15) is 11.8 Å². The molecule has 68 valence electrons. The molecule has 1 amide bonds. The number of rotatable bonds is 1. The Bertz CT molecular complexity index is 337. The molecule has 2 rings (SSSR count). The first kappa shape index (κ1) is 8.07. The van der Waals surface area contributed by atoms with Crippen LogP contribution >= 0.6 is 0 Å². The van der Waals surface area contributed by atoms with Gasteiger partial charge in [0.15, 0.2) is 6.23 Å². The van der Waals surface area contributed by atoms with E-state index in [-0.39, 0.29) is 0 Å². The van der Waals surface area contributed by atoms with E-state index in [1.165, 1.54) is 7.11 Å². The Morgan fingerprint density at radius 2 is 2.23 bits per heavy atom. The van der Waals surface area contributed by atoms with E-state index in [0.29, 0.717) is 5.75 Å². The fraction of sp³-hybridized carbons (Fsp3) is 0.222. The molecule has 0 bridgehead atoms. The van der Waals surface area contributed by atoms with Crippen molar-refractivity contribution >= 4 is 6.09 Å². The van der Waals surface area contributed by atoms with Crippen molar-refractivity contribution in [1.82, 2.24) is 5.32 Å². The van der Waals surface area contributed by atoms with E-state index in [1.54, 1.807) is 6.07 Å². The second-order valence-corrected chi connectivity index (χ2v) is 2.69. The summed E-state index contributed by atoms with van der Waals surface area (Å²) in [5.41, 5.74) is 0.838. The zero-order valence-corrected chi connectivity index (χ0v) is 7.11. The number of benzene rings is 1. The van der Waals surface area contributed by atoms with Crippen LogP contribution in [-0.2, 0) is 4.74 Å². The summed E-state index contributed by atoms with van der Waals surface area (Å²) in [4.78, 5) is 11.0. The van der Waals surface area contributed by atoms with Gasteiger partial charge in [-0.1, -0.05) is 18.2 Å². The molecule has 0 fully saturated rings. The highest BCUT2D eigenvalue weighted by Crippen LogP contribution is 2.28. The number of hydrogen-bond acceptors (Lipinski definition) is 3. The van der Waals surface area contributed by atoms with Crippen LogP contribution in [0, 0.1) is 0 Å². The molecule has 13 heavy (non-hydrogen) atoms. The van der Waals surface area contributed by atoms with E-state index in [4.69, 9.17) is 9.47 Å². The SMILES string of the molecule is COC1NC(=O)Oc2ccccc21. The van der Waals surface area contributed by atoms with Gasteiger partial charge in [0.1, 0.15) is 5.75 Å². The van der Waals surface area contributed by atoms with Gasteiger partial charge in [0.05, 0.1) is 0 Å². The molecule has 0 radical (unpaired) electrons. The van der Waals surface area contributed by atoms with Crippen LogP contribution in [0.2, 0.25) is 0 Å². The number of carbonyl (C=O) groups is 1. The summed E-state index contributed by atoms with van der Waals surface area (Å²) in [6.07, 6.45) is -0.886. The lowest BCUT2D eigenvalue weighted by Crippen LogP contribution is -2.36. The number of ether oxygens (including phenoxy) is 2. The van der Waals surface area contributed by atoms with Crippen molar-refractivity contribution in [3.63, 3.8) is 0 Å². The fourth-order valence-corrected chi connectivity index (χ4v) is 1.29. The molecule has 1 atom stereocenters. The minimum atomic E-state index is -0.481. The van der Waals surface area contributed by atoms with Crippen LogP contribution in [0.5, 0.6) is 5.75 Å². The molecule has 4 heteroatoms. The monoisotopic (exact) mass is 179 g/mol. The van der Waals surface area contributed by atoms with Gasteiger partial charge in [0, 0.05) is 12.7 Å². The number of amides is 1. The van der Waals surface area contributed by atoms with Crippen molar-refractivity contribution in [2.24, 2.45) is 0 Å². The van der Waals surface area contributed by atoms with Crippen LogP contribution < -0.4 is 10.1 Å². The summed E-state index contributed by atoms with van der Waals surface area (Å²) in [5.74, 6) is 0.554. The lowest BCUT2D eigenvalue weighted by Gasteiger charge is -2.24. The van der Waals surface area contributed by atoms with E-state index >= 15 is 0 Å². The molecule has 1 aliphatic rings. The van der Waals surface area contributed by atoms with E-state index < -0.39 is 12.3 Å². The Kier molecular flexibility index (Phi) is 1.90.